The van der Waals surface area contributed by atoms with E-state index in [1.165, 1.54) is 13.0 Å². The molecule has 0 N–H and O–H groups in total. The van der Waals surface area contributed by atoms with Crippen LogP contribution in [-0.4, -0.2) is 24.3 Å². The molecule has 0 saturated carbocycles. The van der Waals surface area contributed by atoms with Gasteiger partial charge in [-0.05, 0) is 18.1 Å². The fourth-order valence-corrected chi connectivity index (χ4v) is 2.32. The van der Waals surface area contributed by atoms with Crippen molar-refractivity contribution in [2.75, 3.05) is 7.11 Å². The molecule has 2 rings (SSSR count). The van der Waals surface area contributed by atoms with Crippen LogP contribution in [0.2, 0.25) is 0 Å². The molecule has 0 fully saturated rings. The Bertz CT molecular complexity index is 753. The lowest BCUT2D eigenvalue weighted by Crippen LogP contribution is -2.11. The van der Waals surface area contributed by atoms with Crippen LogP contribution in [0.4, 0.5) is 5.69 Å². The number of nitrogens with zero attached hydrogens (tertiary/aromatic N) is 1. The number of nitro benzene ring substituents is 1. The van der Waals surface area contributed by atoms with Crippen LogP contribution in [-0.2, 0) is 4.74 Å². The second-order valence-corrected chi connectivity index (χ2v) is 4.59. The maximum absolute atomic E-state index is 12.0. The molecule has 2 aromatic rings. The average molecular weight is 299 g/mol. The van der Waals surface area contributed by atoms with Crippen molar-refractivity contribution in [3.8, 4) is 11.1 Å². The number of nitro groups is 1. The second-order valence-electron chi connectivity index (χ2n) is 4.59. The molecule has 22 heavy (non-hydrogen) atoms. The molecule has 0 spiro atoms. The van der Waals surface area contributed by atoms with Gasteiger partial charge < -0.3 is 4.74 Å². The van der Waals surface area contributed by atoms with E-state index in [2.05, 4.69) is 4.74 Å². The summed E-state index contributed by atoms with van der Waals surface area (Å²) in [6.45, 7) is 1.42. The van der Waals surface area contributed by atoms with Crippen molar-refractivity contribution < 1.29 is 19.2 Å². The molecule has 0 atom stereocenters. The van der Waals surface area contributed by atoms with Crippen molar-refractivity contribution in [2.45, 2.75) is 6.92 Å². The number of esters is 1. The van der Waals surface area contributed by atoms with Crippen molar-refractivity contribution in [1.29, 1.82) is 0 Å². The molecule has 0 aliphatic rings. The fraction of sp³-hybridized carbons (Fsp3) is 0.125. The van der Waals surface area contributed by atoms with Gasteiger partial charge >= 0.3 is 5.97 Å². The Labute approximate surface area is 126 Å². The van der Waals surface area contributed by atoms with Crippen LogP contribution >= 0.6 is 0 Å². The molecule has 112 valence electrons. The van der Waals surface area contributed by atoms with Crippen LogP contribution in [0.15, 0.2) is 36.4 Å². The summed E-state index contributed by atoms with van der Waals surface area (Å²) >= 11 is 0. The number of hydrogen-bond donors (Lipinski definition) is 0. The molecular formula is C16H13NO5. The molecular weight excluding hydrogens is 286 g/mol. The lowest BCUT2D eigenvalue weighted by Gasteiger charge is -2.12. The molecule has 0 bridgehead atoms. The van der Waals surface area contributed by atoms with Gasteiger partial charge in [0.1, 0.15) is 0 Å². The normalized spacial score (nSPS) is 10.1. The van der Waals surface area contributed by atoms with Crippen molar-refractivity contribution in [2.24, 2.45) is 0 Å². The van der Waals surface area contributed by atoms with Crippen molar-refractivity contribution in [3.63, 3.8) is 0 Å². The lowest BCUT2D eigenvalue weighted by atomic mass is 9.91. The Morgan fingerprint density at radius 1 is 1.27 bits per heavy atom. The van der Waals surface area contributed by atoms with E-state index in [1.807, 2.05) is 0 Å². The van der Waals surface area contributed by atoms with Gasteiger partial charge in [-0.25, -0.2) is 4.79 Å². The maximum atomic E-state index is 12.0. The van der Waals surface area contributed by atoms with Crippen LogP contribution in [0, 0.1) is 17.0 Å². The molecule has 0 aromatic heterocycles. The SMILES string of the molecule is COC(=O)c1c(C)c([N+](=O)[O-])cc(-c2ccccc2)c1C=O. The Morgan fingerprint density at radius 2 is 1.91 bits per heavy atom. The Morgan fingerprint density at radius 3 is 2.41 bits per heavy atom. The minimum absolute atomic E-state index is 0.0782. The topological polar surface area (TPSA) is 86.5 Å². The summed E-state index contributed by atoms with van der Waals surface area (Å²) in [4.78, 5) is 34.1. The smallest absolute Gasteiger partial charge is 0.339 e. The zero-order valence-electron chi connectivity index (χ0n) is 12.0. The summed E-state index contributed by atoms with van der Waals surface area (Å²) in [7, 11) is 1.16. The molecule has 2 aromatic carbocycles. The van der Waals surface area contributed by atoms with Gasteiger partial charge in [-0.2, -0.15) is 0 Å². The molecule has 0 unspecified atom stereocenters. The van der Waals surface area contributed by atoms with Crippen LogP contribution in [0.25, 0.3) is 11.1 Å². The van der Waals surface area contributed by atoms with Gasteiger partial charge in [0.05, 0.1) is 17.6 Å². The Balaban J connectivity index is 2.89. The van der Waals surface area contributed by atoms with Gasteiger partial charge in [0.25, 0.3) is 5.69 Å². The van der Waals surface area contributed by atoms with E-state index in [9.17, 15) is 19.7 Å². The molecule has 0 amide bonds. The minimum Gasteiger partial charge on any atom is -0.465 e. The quantitative estimate of drug-likeness (QED) is 0.374. The average Bonchev–Trinajstić information content (AvgIpc) is 2.53. The second kappa shape index (κ2) is 6.17. The lowest BCUT2D eigenvalue weighted by molar-refractivity contribution is -0.385. The summed E-state index contributed by atoms with van der Waals surface area (Å²) in [5.41, 5.74) is 0.821. The standard InChI is InChI=1S/C16H13NO5/c1-10-14(17(20)21)8-12(11-6-4-3-5-7-11)13(9-18)15(10)16(19)22-2/h3-9H,1-2H3. The summed E-state index contributed by atoms with van der Waals surface area (Å²) in [6.07, 6.45) is 0.519. The van der Waals surface area contributed by atoms with E-state index in [-0.39, 0.29) is 22.4 Å². The van der Waals surface area contributed by atoms with E-state index in [4.69, 9.17) is 0 Å². The number of aldehydes is 1. The zero-order chi connectivity index (χ0) is 16.3. The number of carbonyl (C=O) groups excluding carboxylic acids is 2. The van der Waals surface area contributed by atoms with E-state index in [0.717, 1.165) is 7.11 Å². The van der Waals surface area contributed by atoms with Crippen molar-refractivity contribution in [1.82, 2.24) is 0 Å². The van der Waals surface area contributed by atoms with Crippen LogP contribution < -0.4 is 0 Å². The van der Waals surface area contributed by atoms with E-state index < -0.39 is 10.9 Å². The van der Waals surface area contributed by atoms with Crippen LogP contribution in [0.5, 0.6) is 0 Å². The van der Waals surface area contributed by atoms with E-state index >= 15 is 0 Å². The molecule has 6 heteroatoms. The molecule has 0 saturated heterocycles. The maximum Gasteiger partial charge on any atom is 0.339 e. The third-order valence-electron chi connectivity index (χ3n) is 3.39. The number of hydrogen-bond acceptors (Lipinski definition) is 5. The first-order chi connectivity index (χ1) is 10.5. The largest absolute Gasteiger partial charge is 0.465 e. The number of methoxy groups -OCH3 is 1. The van der Waals surface area contributed by atoms with Crippen molar-refractivity contribution in [3.05, 3.63) is 63.2 Å². The van der Waals surface area contributed by atoms with Crippen LogP contribution in [0.1, 0.15) is 26.3 Å². The highest BCUT2D eigenvalue weighted by Crippen LogP contribution is 2.34. The summed E-state index contributed by atoms with van der Waals surface area (Å²) < 4.78 is 4.66. The first kappa shape index (κ1) is 15.4. The van der Waals surface area contributed by atoms with Crippen molar-refractivity contribution >= 4 is 17.9 Å². The monoisotopic (exact) mass is 299 g/mol. The summed E-state index contributed by atoms with van der Waals surface area (Å²) in [5.74, 6) is -0.777. The highest BCUT2D eigenvalue weighted by atomic mass is 16.6. The van der Waals surface area contributed by atoms with E-state index in [1.54, 1.807) is 30.3 Å². The molecule has 0 heterocycles. The van der Waals surface area contributed by atoms with Gasteiger partial charge in [-0.3, -0.25) is 14.9 Å². The Kier molecular flexibility index (Phi) is 4.31. The number of rotatable bonds is 4. The third-order valence-corrected chi connectivity index (χ3v) is 3.39. The Hall–Kier alpha value is -3.02. The number of ether oxygens (including phenoxy) is 1. The van der Waals surface area contributed by atoms with Crippen LogP contribution in [0.3, 0.4) is 0 Å². The van der Waals surface area contributed by atoms with Gasteiger partial charge in [0.15, 0.2) is 6.29 Å². The summed E-state index contributed by atoms with van der Waals surface area (Å²) in [5, 5.41) is 11.2. The van der Waals surface area contributed by atoms with Gasteiger partial charge in [0.2, 0.25) is 0 Å². The minimum atomic E-state index is -0.777. The molecule has 6 nitrogen and oxygen atoms in total. The molecule has 0 radical (unpaired) electrons. The molecule has 0 aliphatic heterocycles. The highest BCUT2D eigenvalue weighted by Gasteiger charge is 2.26. The number of benzene rings is 2. The predicted molar refractivity (Wildman–Crippen MR) is 80.0 cm³/mol. The zero-order valence-corrected chi connectivity index (χ0v) is 12.0. The van der Waals surface area contributed by atoms with Gasteiger partial charge in [0, 0.05) is 17.2 Å². The first-order valence-electron chi connectivity index (χ1n) is 6.42. The van der Waals surface area contributed by atoms with E-state index in [0.29, 0.717) is 17.4 Å². The fourth-order valence-electron chi connectivity index (χ4n) is 2.32. The predicted octanol–water partition coefficient (Wildman–Crippen LogP) is 3.17. The molecule has 0 aliphatic carbocycles. The van der Waals surface area contributed by atoms with Gasteiger partial charge in [-0.15, -0.1) is 0 Å². The first-order valence-corrected chi connectivity index (χ1v) is 6.42. The van der Waals surface area contributed by atoms with Gasteiger partial charge in [-0.1, -0.05) is 30.3 Å². The third kappa shape index (κ3) is 2.58. The summed E-state index contributed by atoms with van der Waals surface area (Å²) in [6, 6.07) is 10.0. The number of carbonyl (C=O) groups is 2. The highest BCUT2D eigenvalue weighted by molar-refractivity contribution is 6.05.